The van der Waals surface area contributed by atoms with Gasteiger partial charge in [-0.1, -0.05) is 5.16 Å². The molecule has 1 N–H and O–H groups in total. The summed E-state index contributed by atoms with van der Waals surface area (Å²) < 4.78 is 12.7. The van der Waals surface area contributed by atoms with Crippen molar-refractivity contribution in [2.75, 3.05) is 5.32 Å². The summed E-state index contributed by atoms with van der Waals surface area (Å²) in [5.41, 5.74) is 2.77. The van der Waals surface area contributed by atoms with E-state index in [1.165, 1.54) is 0 Å². The molecule has 0 aliphatic heterocycles. The molecule has 0 spiro atoms. The lowest BCUT2D eigenvalue weighted by atomic mass is 10.1. The van der Waals surface area contributed by atoms with E-state index in [1.54, 1.807) is 29.9 Å². The minimum Gasteiger partial charge on any atom is -0.466 e. The molecular formula is C20H21N5O3. The highest BCUT2D eigenvalue weighted by Gasteiger charge is 2.22. The maximum absolute atomic E-state index is 13.2. The molecule has 0 aliphatic carbocycles. The number of furan rings is 1. The monoisotopic (exact) mass is 379 g/mol. The fraction of sp³-hybridized carbons (Fsp3) is 0.300. The van der Waals surface area contributed by atoms with Crippen molar-refractivity contribution >= 4 is 22.8 Å². The van der Waals surface area contributed by atoms with Crippen molar-refractivity contribution in [3.63, 3.8) is 0 Å². The van der Waals surface area contributed by atoms with E-state index in [0.717, 1.165) is 17.1 Å². The molecule has 0 atom stereocenters. The van der Waals surface area contributed by atoms with Gasteiger partial charge in [-0.25, -0.2) is 9.67 Å². The zero-order valence-electron chi connectivity index (χ0n) is 16.4. The Kier molecular flexibility index (Phi) is 4.26. The third-order valence-corrected chi connectivity index (χ3v) is 4.58. The number of pyridine rings is 1. The van der Waals surface area contributed by atoms with Gasteiger partial charge in [-0.3, -0.25) is 4.79 Å². The van der Waals surface area contributed by atoms with E-state index in [-0.39, 0.29) is 11.9 Å². The van der Waals surface area contributed by atoms with Gasteiger partial charge in [0.1, 0.15) is 17.3 Å². The molecule has 4 aromatic heterocycles. The van der Waals surface area contributed by atoms with Crippen molar-refractivity contribution in [3.8, 4) is 11.3 Å². The minimum atomic E-state index is -0.278. The van der Waals surface area contributed by atoms with E-state index < -0.39 is 0 Å². The molecule has 0 fully saturated rings. The Labute approximate surface area is 161 Å². The standard InChI is InChI=1S/C20H21N5O3/c1-10(2)25-17(6-7-21-25)23-19(26)15-9-16(14-8-11(3)27-13(14)5)22-20-18(15)12(4)24-28-20/h6-10H,1-5H3,(H,23,26). The molecule has 8 heteroatoms. The lowest BCUT2D eigenvalue weighted by Crippen LogP contribution is -2.17. The largest absolute Gasteiger partial charge is 0.466 e. The first-order chi connectivity index (χ1) is 13.3. The number of nitrogens with one attached hydrogen (secondary N) is 1. The summed E-state index contributed by atoms with van der Waals surface area (Å²) >= 11 is 0. The average Bonchev–Trinajstić information content (AvgIpc) is 3.33. The maximum atomic E-state index is 13.2. The normalized spacial score (nSPS) is 11.5. The van der Waals surface area contributed by atoms with Crippen LogP contribution in [0.25, 0.3) is 22.4 Å². The van der Waals surface area contributed by atoms with Crippen molar-refractivity contribution in [2.45, 2.75) is 40.7 Å². The maximum Gasteiger partial charge on any atom is 0.259 e. The third-order valence-electron chi connectivity index (χ3n) is 4.58. The molecule has 4 rings (SSSR count). The third kappa shape index (κ3) is 2.96. The molecule has 28 heavy (non-hydrogen) atoms. The predicted octanol–water partition coefficient (Wildman–Crippen LogP) is 4.44. The zero-order chi connectivity index (χ0) is 20.0. The quantitative estimate of drug-likeness (QED) is 0.563. The highest BCUT2D eigenvalue weighted by Crippen LogP contribution is 2.31. The molecule has 8 nitrogen and oxygen atoms in total. The molecule has 144 valence electrons. The fourth-order valence-corrected chi connectivity index (χ4v) is 3.31. The van der Waals surface area contributed by atoms with Gasteiger partial charge in [0.25, 0.3) is 11.6 Å². The Morgan fingerprint density at radius 3 is 2.68 bits per heavy atom. The first kappa shape index (κ1) is 18.0. The molecular weight excluding hydrogens is 358 g/mol. The topological polar surface area (TPSA) is 99.0 Å². The first-order valence-electron chi connectivity index (χ1n) is 9.04. The van der Waals surface area contributed by atoms with Gasteiger partial charge in [0.15, 0.2) is 0 Å². The summed E-state index contributed by atoms with van der Waals surface area (Å²) in [6, 6.07) is 5.52. The smallest absolute Gasteiger partial charge is 0.259 e. The van der Waals surface area contributed by atoms with Crippen molar-refractivity contribution < 1.29 is 13.7 Å². The summed E-state index contributed by atoms with van der Waals surface area (Å²) in [4.78, 5) is 17.7. The first-order valence-corrected chi connectivity index (χ1v) is 9.04. The van der Waals surface area contributed by atoms with Crippen molar-refractivity contribution in [3.05, 3.63) is 47.2 Å². The summed E-state index contributed by atoms with van der Waals surface area (Å²) in [7, 11) is 0. The van der Waals surface area contributed by atoms with E-state index >= 15 is 0 Å². The van der Waals surface area contributed by atoms with Crippen LogP contribution >= 0.6 is 0 Å². The highest BCUT2D eigenvalue weighted by molar-refractivity contribution is 6.12. The van der Waals surface area contributed by atoms with Crippen LogP contribution in [0.1, 0.15) is 47.5 Å². The van der Waals surface area contributed by atoms with Crippen LogP contribution in [0.4, 0.5) is 5.82 Å². The van der Waals surface area contributed by atoms with Gasteiger partial charge in [-0.05, 0) is 46.8 Å². The van der Waals surface area contributed by atoms with Crippen LogP contribution in [0.5, 0.6) is 0 Å². The minimum absolute atomic E-state index is 0.118. The second-order valence-electron chi connectivity index (χ2n) is 7.04. The molecule has 0 bridgehead atoms. The van der Waals surface area contributed by atoms with E-state index in [9.17, 15) is 4.79 Å². The Bertz CT molecular complexity index is 1180. The summed E-state index contributed by atoms with van der Waals surface area (Å²) in [6.45, 7) is 9.52. The van der Waals surface area contributed by atoms with Crippen LogP contribution in [0, 0.1) is 20.8 Å². The lowest BCUT2D eigenvalue weighted by Gasteiger charge is -2.12. The summed E-state index contributed by atoms with van der Waals surface area (Å²) in [5.74, 6) is 1.84. The summed E-state index contributed by atoms with van der Waals surface area (Å²) in [5, 5.41) is 11.8. The Morgan fingerprint density at radius 1 is 1.21 bits per heavy atom. The highest BCUT2D eigenvalue weighted by atomic mass is 16.5. The van der Waals surface area contributed by atoms with Gasteiger partial charge in [-0.15, -0.1) is 0 Å². The number of carbonyl (C=O) groups excluding carboxylic acids is 1. The zero-order valence-corrected chi connectivity index (χ0v) is 16.4. The molecule has 0 aromatic carbocycles. The van der Waals surface area contributed by atoms with E-state index in [4.69, 9.17) is 8.94 Å². The van der Waals surface area contributed by atoms with Crippen LogP contribution in [-0.2, 0) is 0 Å². The van der Waals surface area contributed by atoms with Crippen molar-refractivity contribution in [1.82, 2.24) is 19.9 Å². The second-order valence-corrected chi connectivity index (χ2v) is 7.04. The Hall–Kier alpha value is -3.42. The number of nitrogens with zero attached hydrogens (tertiary/aromatic N) is 4. The number of fused-ring (bicyclic) bond motifs is 1. The van der Waals surface area contributed by atoms with Gasteiger partial charge in [-0.2, -0.15) is 5.10 Å². The number of anilines is 1. The Morgan fingerprint density at radius 2 is 2.00 bits per heavy atom. The number of hydrogen-bond donors (Lipinski definition) is 1. The van der Waals surface area contributed by atoms with E-state index in [0.29, 0.717) is 33.9 Å². The molecule has 0 radical (unpaired) electrons. The van der Waals surface area contributed by atoms with Gasteiger partial charge < -0.3 is 14.3 Å². The van der Waals surface area contributed by atoms with Gasteiger partial charge >= 0.3 is 0 Å². The predicted molar refractivity (Wildman–Crippen MR) is 104 cm³/mol. The number of rotatable bonds is 4. The van der Waals surface area contributed by atoms with E-state index in [1.807, 2.05) is 33.8 Å². The molecule has 0 aliphatic rings. The van der Waals surface area contributed by atoms with Crippen LogP contribution in [-0.4, -0.2) is 25.8 Å². The van der Waals surface area contributed by atoms with Gasteiger partial charge in [0.05, 0.1) is 28.5 Å². The molecule has 0 unspecified atom stereocenters. The Balaban J connectivity index is 1.83. The number of aromatic nitrogens is 4. The average molecular weight is 379 g/mol. The molecule has 0 saturated carbocycles. The molecule has 0 saturated heterocycles. The van der Waals surface area contributed by atoms with Crippen LogP contribution in [0.15, 0.2) is 33.3 Å². The molecule has 1 amide bonds. The SMILES string of the molecule is Cc1cc(-c2cc(C(=O)Nc3ccnn3C(C)C)c3c(C)noc3n2)c(C)o1. The van der Waals surface area contributed by atoms with Gasteiger partial charge in [0.2, 0.25) is 0 Å². The second kappa shape index (κ2) is 6.63. The van der Waals surface area contributed by atoms with Gasteiger partial charge in [0, 0.05) is 17.7 Å². The summed E-state index contributed by atoms with van der Waals surface area (Å²) in [6.07, 6.45) is 1.66. The van der Waals surface area contributed by atoms with Crippen LogP contribution in [0.2, 0.25) is 0 Å². The van der Waals surface area contributed by atoms with Crippen molar-refractivity contribution in [2.24, 2.45) is 0 Å². The van der Waals surface area contributed by atoms with Crippen LogP contribution < -0.4 is 5.32 Å². The number of carbonyl (C=O) groups is 1. The van der Waals surface area contributed by atoms with Crippen LogP contribution in [0.3, 0.4) is 0 Å². The number of amides is 1. The van der Waals surface area contributed by atoms with E-state index in [2.05, 4.69) is 20.6 Å². The number of aryl methyl sites for hydroxylation is 3. The number of hydrogen-bond acceptors (Lipinski definition) is 6. The lowest BCUT2D eigenvalue weighted by molar-refractivity contribution is 0.102. The molecule has 4 aromatic rings. The van der Waals surface area contributed by atoms with Crippen molar-refractivity contribution in [1.29, 1.82) is 0 Å². The fourth-order valence-electron chi connectivity index (χ4n) is 3.31. The molecule has 4 heterocycles.